The molecule has 1 amide bonds. The smallest absolute Gasteiger partial charge is 0.256 e. The summed E-state index contributed by atoms with van der Waals surface area (Å²) in [5.74, 6) is 1.19. The van der Waals surface area contributed by atoms with Crippen LogP contribution >= 0.6 is 0 Å². The number of aliphatic imine (C=N–C) groups is 1. The molecule has 1 aromatic carbocycles. The number of amides is 1. The number of carbonyl (C=O) groups is 1. The van der Waals surface area contributed by atoms with E-state index in [-0.39, 0.29) is 11.9 Å². The Morgan fingerprint density at radius 3 is 2.59 bits per heavy atom. The normalized spacial score (nSPS) is 17.2. The molecule has 0 N–H and O–H groups in total. The predicted octanol–water partition coefficient (Wildman–Crippen LogP) is 3.44. The lowest BCUT2D eigenvalue weighted by Gasteiger charge is -2.26. The molecule has 120 valence electrons. The zero-order chi connectivity index (χ0) is 16.1. The third-order valence-corrected chi connectivity index (χ3v) is 3.78. The zero-order valence-electron chi connectivity index (χ0n) is 13.8. The highest BCUT2D eigenvalue weighted by atomic mass is 16.5. The van der Waals surface area contributed by atoms with Gasteiger partial charge in [0.15, 0.2) is 11.5 Å². The average Bonchev–Trinajstić information content (AvgIpc) is 2.68. The van der Waals surface area contributed by atoms with Gasteiger partial charge in [0.25, 0.3) is 5.91 Å². The van der Waals surface area contributed by atoms with Crippen LogP contribution in [0.1, 0.15) is 44.0 Å². The Balaban J connectivity index is 2.48. The van der Waals surface area contributed by atoms with Crippen molar-refractivity contribution in [3.63, 3.8) is 0 Å². The van der Waals surface area contributed by atoms with Gasteiger partial charge < -0.3 is 14.4 Å². The van der Waals surface area contributed by atoms with Crippen molar-refractivity contribution in [2.45, 2.75) is 39.7 Å². The minimum absolute atomic E-state index is 0.0119. The van der Waals surface area contributed by atoms with Crippen LogP contribution in [0.5, 0.6) is 11.5 Å². The summed E-state index contributed by atoms with van der Waals surface area (Å²) in [7, 11) is 1.58. The summed E-state index contributed by atoms with van der Waals surface area (Å²) >= 11 is 0. The van der Waals surface area contributed by atoms with Gasteiger partial charge in [-0.25, -0.2) is 0 Å². The van der Waals surface area contributed by atoms with Gasteiger partial charge >= 0.3 is 0 Å². The molecule has 1 aromatic rings. The molecule has 0 saturated carbocycles. The van der Waals surface area contributed by atoms with Crippen LogP contribution in [0.4, 0.5) is 5.69 Å². The summed E-state index contributed by atoms with van der Waals surface area (Å²) in [6.07, 6.45) is 3.60. The number of methoxy groups -OCH3 is 1. The summed E-state index contributed by atoms with van der Waals surface area (Å²) in [5.41, 5.74) is 1.21. The van der Waals surface area contributed by atoms with Gasteiger partial charge in [0, 0.05) is 18.8 Å². The molecule has 0 aromatic heterocycles. The van der Waals surface area contributed by atoms with Gasteiger partial charge in [0.2, 0.25) is 0 Å². The number of carbonyl (C=O) groups excluding carboxylic acids is 1. The Bertz CT molecular complexity index is 569. The van der Waals surface area contributed by atoms with Crippen molar-refractivity contribution in [3.8, 4) is 11.5 Å². The standard InChI is InChI=1S/C17H24N2O3/c1-5-8-22-16-10-14-13(9-15(16)21-4)17(20)19(7-3)12(6-2)11-18-14/h9-12H,5-8H2,1-4H3. The molecule has 22 heavy (non-hydrogen) atoms. The van der Waals surface area contributed by atoms with Crippen LogP contribution < -0.4 is 9.47 Å². The maximum absolute atomic E-state index is 12.8. The number of ether oxygens (including phenoxy) is 2. The highest BCUT2D eigenvalue weighted by Gasteiger charge is 2.27. The fourth-order valence-electron chi connectivity index (χ4n) is 2.57. The first-order valence-corrected chi connectivity index (χ1v) is 7.86. The highest BCUT2D eigenvalue weighted by molar-refractivity contribution is 6.03. The van der Waals surface area contributed by atoms with Gasteiger partial charge in [-0.3, -0.25) is 9.79 Å². The molecule has 1 aliphatic heterocycles. The van der Waals surface area contributed by atoms with E-state index in [0.29, 0.717) is 35.9 Å². The molecule has 0 saturated heterocycles. The van der Waals surface area contributed by atoms with E-state index in [1.54, 1.807) is 19.2 Å². The first-order chi connectivity index (χ1) is 10.7. The van der Waals surface area contributed by atoms with E-state index in [4.69, 9.17) is 9.47 Å². The molecular weight excluding hydrogens is 280 g/mol. The second-order valence-electron chi connectivity index (χ2n) is 5.21. The van der Waals surface area contributed by atoms with E-state index in [1.807, 2.05) is 25.0 Å². The Morgan fingerprint density at radius 1 is 1.23 bits per heavy atom. The maximum atomic E-state index is 12.8. The monoisotopic (exact) mass is 304 g/mol. The van der Waals surface area contributed by atoms with Crippen molar-refractivity contribution in [2.75, 3.05) is 20.3 Å². The summed E-state index contributed by atoms with van der Waals surface area (Å²) in [6, 6.07) is 3.56. The number of hydrogen-bond acceptors (Lipinski definition) is 4. The van der Waals surface area contributed by atoms with Gasteiger partial charge in [-0.15, -0.1) is 0 Å². The molecule has 2 rings (SSSR count). The third-order valence-electron chi connectivity index (χ3n) is 3.78. The lowest BCUT2D eigenvalue weighted by molar-refractivity contribution is 0.0738. The Kier molecular flexibility index (Phi) is 5.41. The Hall–Kier alpha value is -2.04. The fourth-order valence-corrected chi connectivity index (χ4v) is 2.57. The lowest BCUT2D eigenvalue weighted by atomic mass is 10.1. The van der Waals surface area contributed by atoms with Crippen LogP contribution in [0.15, 0.2) is 17.1 Å². The van der Waals surface area contributed by atoms with Crippen LogP contribution in [0.2, 0.25) is 0 Å². The molecular formula is C17H24N2O3. The fraction of sp³-hybridized carbons (Fsp3) is 0.529. The topological polar surface area (TPSA) is 51.1 Å². The molecule has 1 aliphatic rings. The molecule has 5 heteroatoms. The van der Waals surface area contributed by atoms with Crippen molar-refractivity contribution >= 4 is 17.8 Å². The van der Waals surface area contributed by atoms with Crippen LogP contribution in [-0.4, -0.2) is 43.3 Å². The van der Waals surface area contributed by atoms with Gasteiger partial charge in [0.1, 0.15) is 0 Å². The van der Waals surface area contributed by atoms with E-state index in [2.05, 4.69) is 11.9 Å². The van der Waals surface area contributed by atoms with Gasteiger partial charge in [-0.1, -0.05) is 13.8 Å². The molecule has 0 radical (unpaired) electrons. The molecule has 0 spiro atoms. The minimum Gasteiger partial charge on any atom is -0.493 e. The van der Waals surface area contributed by atoms with E-state index < -0.39 is 0 Å². The van der Waals surface area contributed by atoms with Gasteiger partial charge in [-0.05, 0) is 25.8 Å². The molecule has 0 fully saturated rings. The predicted molar refractivity (Wildman–Crippen MR) is 87.7 cm³/mol. The first kappa shape index (κ1) is 16.3. The summed E-state index contributed by atoms with van der Waals surface area (Å²) in [5, 5.41) is 0. The van der Waals surface area contributed by atoms with E-state index in [1.165, 1.54) is 0 Å². The number of benzene rings is 1. The molecule has 1 atom stereocenters. The molecule has 0 bridgehead atoms. The van der Waals surface area contributed by atoms with Crippen LogP contribution in [0.3, 0.4) is 0 Å². The number of hydrogen-bond donors (Lipinski definition) is 0. The third kappa shape index (κ3) is 3.08. The Morgan fingerprint density at radius 2 is 2.00 bits per heavy atom. The maximum Gasteiger partial charge on any atom is 0.256 e. The van der Waals surface area contributed by atoms with E-state index in [9.17, 15) is 4.79 Å². The number of rotatable bonds is 6. The van der Waals surface area contributed by atoms with Crippen LogP contribution in [0, 0.1) is 0 Å². The van der Waals surface area contributed by atoms with Crippen molar-refractivity contribution < 1.29 is 14.3 Å². The number of fused-ring (bicyclic) bond motifs is 1. The average molecular weight is 304 g/mol. The minimum atomic E-state index is -0.0119. The van der Waals surface area contributed by atoms with Crippen molar-refractivity contribution in [2.24, 2.45) is 4.99 Å². The van der Waals surface area contributed by atoms with E-state index >= 15 is 0 Å². The van der Waals surface area contributed by atoms with Gasteiger partial charge in [-0.2, -0.15) is 0 Å². The summed E-state index contributed by atoms with van der Waals surface area (Å²) in [4.78, 5) is 19.1. The number of nitrogens with zero attached hydrogens (tertiary/aromatic N) is 2. The molecule has 0 aliphatic carbocycles. The molecule has 1 heterocycles. The summed E-state index contributed by atoms with van der Waals surface area (Å²) in [6.45, 7) is 7.33. The molecule has 5 nitrogen and oxygen atoms in total. The Labute approximate surface area is 131 Å². The first-order valence-electron chi connectivity index (χ1n) is 7.86. The lowest BCUT2D eigenvalue weighted by Crippen LogP contribution is -2.39. The molecule has 1 unspecified atom stereocenters. The van der Waals surface area contributed by atoms with E-state index in [0.717, 1.165) is 12.8 Å². The summed E-state index contributed by atoms with van der Waals surface area (Å²) < 4.78 is 11.1. The van der Waals surface area contributed by atoms with Crippen LogP contribution in [0.25, 0.3) is 0 Å². The van der Waals surface area contributed by atoms with Gasteiger partial charge in [0.05, 0.1) is 31.0 Å². The zero-order valence-corrected chi connectivity index (χ0v) is 13.8. The SMILES string of the molecule is CCCOc1cc2c(cc1OC)C(=O)N(CC)C(CC)C=N2. The van der Waals surface area contributed by atoms with Crippen molar-refractivity contribution in [1.82, 2.24) is 4.90 Å². The second-order valence-corrected chi connectivity index (χ2v) is 5.21. The second kappa shape index (κ2) is 7.29. The van der Waals surface area contributed by atoms with Crippen LogP contribution in [-0.2, 0) is 0 Å². The largest absolute Gasteiger partial charge is 0.493 e. The highest BCUT2D eigenvalue weighted by Crippen LogP contribution is 2.37. The quantitative estimate of drug-likeness (QED) is 0.809. The van der Waals surface area contributed by atoms with Crippen molar-refractivity contribution in [1.29, 1.82) is 0 Å². The van der Waals surface area contributed by atoms with Crippen molar-refractivity contribution in [3.05, 3.63) is 17.7 Å².